The molecule has 1 N–H and O–H groups in total. The van der Waals surface area contributed by atoms with E-state index in [0.29, 0.717) is 17.5 Å². The summed E-state index contributed by atoms with van der Waals surface area (Å²) in [6.07, 6.45) is 3.39. The lowest BCUT2D eigenvalue weighted by molar-refractivity contribution is 0.190. The SMILES string of the molecule is CN1CCNCC1c1noc(-c2cccc(Oc3ccncc3)c2)n1.Cl. The van der Waals surface area contributed by atoms with E-state index in [0.717, 1.165) is 30.9 Å². The third-order valence-corrected chi connectivity index (χ3v) is 4.22. The highest BCUT2D eigenvalue weighted by Gasteiger charge is 2.25. The van der Waals surface area contributed by atoms with Crippen LogP contribution >= 0.6 is 12.4 Å². The molecule has 0 amide bonds. The number of pyridine rings is 1. The summed E-state index contributed by atoms with van der Waals surface area (Å²) in [6, 6.07) is 11.4. The van der Waals surface area contributed by atoms with Crippen molar-refractivity contribution in [3.8, 4) is 23.0 Å². The molecule has 0 radical (unpaired) electrons. The Balaban J connectivity index is 0.00000196. The fourth-order valence-electron chi connectivity index (χ4n) is 2.82. The molecule has 1 aliphatic heterocycles. The number of nitrogens with zero attached hydrogens (tertiary/aromatic N) is 4. The molecule has 1 unspecified atom stereocenters. The van der Waals surface area contributed by atoms with E-state index in [4.69, 9.17) is 9.26 Å². The Hall–Kier alpha value is -2.48. The standard InChI is InChI=1S/C18H19N5O2.ClH/c1-23-10-9-20-12-16(23)17-21-18(25-22-17)13-3-2-4-15(11-13)24-14-5-7-19-8-6-14;/h2-8,11,16,20H,9-10,12H2,1H3;1H. The highest BCUT2D eigenvalue weighted by atomic mass is 35.5. The summed E-state index contributed by atoms with van der Waals surface area (Å²) >= 11 is 0. The smallest absolute Gasteiger partial charge is 0.258 e. The molecule has 8 heteroatoms. The van der Waals surface area contributed by atoms with Gasteiger partial charge in [-0.05, 0) is 37.4 Å². The number of piperazine rings is 1. The lowest BCUT2D eigenvalue weighted by atomic mass is 10.2. The molecule has 2 aromatic heterocycles. The largest absolute Gasteiger partial charge is 0.457 e. The van der Waals surface area contributed by atoms with E-state index in [1.54, 1.807) is 12.4 Å². The average molecular weight is 374 g/mol. The van der Waals surface area contributed by atoms with Crippen molar-refractivity contribution in [2.75, 3.05) is 26.7 Å². The summed E-state index contributed by atoms with van der Waals surface area (Å²) < 4.78 is 11.3. The summed E-state index contributed by atoms with van der Waals surface area (Å²) in [4.78, 5) is 10.8. The number of aromatic nitrogens is 3. The molecule has 4 rings (SSSR count). The van der Waals surface area contributed by atoms with E-state index >= 15 is 0 Å². The third-order valence-electron chi connectivity index (χ3n) is 4.22. The van der Waals surface area contributed by atoms with Crippen LogP contribution in [-0.2, 0) is 0 Å². The van der Waals surface area contributed by atoms with Crippen LogP contribution in [0.3, 0.4) is 0 Å². The Labute approximate surface area is 157 Å². The van der Waals surface area contributed by atoms with Crippen LogP contribution in [0.25, 0.3) is 11.5 Å². The highest BCUT2D eigenvalue weighted by molar-refractivity contribution is 5.85. The summed E-state index contributed by atoms with van der Waals surface area (Å²) in [6.45, 7) is 2.76. The van der Waals surface area contributed by atoms with E-state index in [-0.39, 0.29) is 18.4 Å². The van der Waals surface area contributed by atoms with Gasteiger partial charge in [0.15, 0.2) is 5.82 Å². The van der Waals surface area contributed by atoms with E-state index in [1.165, 1.54) is 0 Å². The van der Waals surface area contributed by atoms with E-state index in [9.17, 15) is 0 Å². The average Bonchev–Trinajstić information content (AvgIpc) is 3.13. The molecule has 1 saturated heterocycles. The number of halogens is 1. The van der Waals surface area contributed by atoms with Gasteiger partial charge in [-0.1, -0.05) is 11.2 Å². The van der Waals surface area contributed by atoms with Gasteiger partial charge in [0.05, 0.1) is 6.04 Å². The first kappa shape index (κ1) is 18.3. The van der Waals surface area contributed by atoms with Crippen molar-refractivity contribution in [3.05, 3.63) is 54.6 Å². The fraction of sp³-hybridized carbons (Fsp3) is 0.278. The number of hydrogen-bond donors (Lipinski definition) is 1. The number of ether oxygens (including phenoxy) is 1. The van der Waals surface area contributed by atoms with Crippen LogP contribution in [0.2, 0.25) is 0 Å². The van der Waals surface area contributed by atoms with Gasteiger partial charge < -0.3 is 14.6 Å². The van der Waals surface area contributed by atoms with Gasteiger partial charge in [-0.3, -0.25) is 9.88 Å². The Kier molecular flexibility index (Phi) is 5.82. The first-order valence-corrected chi connectivity index (χ1v) is 8.22. The number of likely N-dealkylation sites (N-methyl/N-ethyl adjacent to an activating group) is 1. The molecular formula is C18H20ClN5O2. The zero-order valence-electron chi connectivity index (χ0n) is 14.3. The minimum Gasteiger partial charge on any atom is -0.457 e. The molecule has 0 aliphatic carbocycles. The van der Waals surface area contributed by atoms with Crippen LogP contribution in [0.5, 0.6) is 11.5 Å². The van der Waals surface area contributed by atoms with E-state index in [2.05, 4.69) is 32.4 Å². The summed E-state index contributed by atoms with van der Waals surface area (Å²) in [5.41, 5.74) is 0.830. The van der Waals surface area contributed by atoms with Gasteiger partial charge in [-0.25, -0.2) is 0 Å². The minimum atomic E-state index is 0. The van der Waals surface area contributed by atoms with Gasteiger partial charge in [0.25, 0.3) is 5.89 Å². The van der Waals surface area contributed by atoms with Crippen LogP contribution in [-0.4, -0.2) is 46.7 Å². The number of nitrogens with one attached hydrogen (secondary N) is 1. The van der Waals surface area contributed by atoms with Crippen molar-refractivity contribution in [3.63, 3.8) is 0 Å². The number of rotatable bonds is 4. The van der Waals surface area contributed by atoms with Crippen molar-refractivity contribution in [2.45, 2.75) is 6.04 Å². The van der Waals surface area contributed by atoms with Crippen molar-refractivity contribution in [1.29, 1.82) is 0 Å². The molecule has 26 heavy (non-hydrogen) atoms. The molecule has 7 nitrogen and oxygen atoms in total. The van der Waals surface area contributed by atoms with Crippen molar-refractivity contribution < 1.29 is 9.26 Å². The topological polar surface area (TPSA) is 76.3 Å². The highest BCUT2D eigenvalue weighted by Crippen LogP contribution is 2.27. The molecule has 0 bridgehead atoms. The van der Waals surface area contributed by atoms with Crippen LogP contribution < -0.4 is 10.1 Å². The number of benzene rings is 1. The normalized spacial score (nSPS) is 17.5. The van der Waals surface area contributed by atoms with Gasteiger partial charge in [0, 0.05) is 37.6 Å². The van der Waals surface area contributed by atoms with Crippen molar-refractivity contribution in [2.24, 2.45) is 0 Å². The Morgan fingerprint density at radius 2 is 2.04 bits per heavy atom. The predicted molar refractivity (Wildman–Crippen MR) is 99.5 cm³/mol. The van der Waals surface area contributed by atoms with E-state index in [1.807, 2.05) is 36.4 Å². The summed E-state index contributed by atoms with van der Waals surface area (Å²) in [7, 11) is 2.07. The van der Waals surface area contributed by atoms with Gasteiger partial charge in [-0.2, -0.15) is 4.98 Å². The molecular weight excluding hydrogens is 354 g/mol. The maximum absolute atomic E-state index is 5.83. The van der Waals surface area contributed by atoms with Gasteiger partial charge >= 0.3 is 0 Å². The van der Waals surface area contributed by atoms with Gasteiger partial charge in [-0.15, -0.1) is 12.4 Å². The maximum Gasteiger partial charge on any atom is 0.258 e. The molecule has 1 aliphatic rings. The minimum absolute atomic E-state index is 0. The van der Waals surface area contributed by atoms with Crippen LogP contribution in [0.15, 0.2) is 53.3 Å². The second-order valence-corrected chi connectivity index (χ2v) is 5.97. The molecule has 0 saturated carbocycles. The molecule has 1 aromatic carbocycles. The van der Waals surface area contributed by atoms with Crippen molar-refractivity contribution in [1.82, 2.24) is 25.3 Å². The molecule has 3 aromatic rings. The first-order chi connectivity index (χ1) is 12.3. The van der Waals surface area contributed by atoms with Crippen molar-refractivity contribution >= 4 is 12.4 Å². The quantitative estimate of drug-likeness (QED) is 0.753. The Bertz CT molecular complexity index is 842. The monoisotopic (exact) mass is 373 g/mol. The van der Waals surface area contributed by atoms with Gasteiger partial charge in [0.2, 0.25) is 0 Å². The zero-order valence-corrected chi connectivity index (χ0v) is 15.1. The summed E-state index contributed by atoms with van der Waals surface area (Å²) in [5, 5.41) is 7.52. The Morgan fingerprint density at radius 1 is 1.19 bits per heavy atom. The molecule has 1 fully saturated rings. The molecule has 1 atom stereocenters. The van der Waals surface area contributed by atoms with E-state index < -0.39 is 0 Å². The maximum atomic E-state index is 5.83. The van der Waals surface area contributed by atoms with Crippen LogP contribution in [0, 0.1) is 0 Å². The van der Waals surface area contributed by atoms with Crippen LogP contribution in [0.4, 0.5) is 0 Å². The van der Waals surface area contributed by atoms with Crippen LogP contribution in [0.1, 0.15) is 11.9 Å². The third kappa shape index (κ3) is 4.01. The Morgan fingerprint density at radius 3 is 2.85 bits per heavy atom. The fourth-order valence-corrected chi connectivity index (χ4v) is 2.82. The number of hydrogen-bond acceptors (Lipinski definition) is 7. The lowest BCUT2D eigenvalue weighted by Crippen LogP contribution is -2.44. The lowest BCUT2D eigenvalue weighted by Gasteiger charge is -2.30. The zero-order chi connectivity index (χ0) is 17.1. The second-order valence-electron chi connectivity index (χ2n) is 5.97. The molecule has 0 spiro atoms. The molecule has 136 valence electrons. The predicted octanol–water partition coefficient (Wildman–Crippen LogP) is 2.92. The van der Waals surface area contributed by atoms with Gasteiger partial charge in [0.1, 0.15) is 11.5 Å². The molecule has 3 heterocycles. The second kappa shape index (κ2) is 8.27. The summed E-state index contributed by atoms with van der Waals surface area (Å²) in [5.74, 6) is 2.63. The first-order valence-electron chi connectivity index (χ1n) is 8.22.